The second kappa shape index (κ2) is 11.2. The van der Waals surface area contributed by atoms with Gasteiger partial charge in [-0.15, -0.1) is 0 Å². The number of pyridine rings is 1. The molecular weight excluding hydrogens is 521 g/mol. The van der Waals surface area contributed by atoms with E-state index in [2.05, 4.69) is 36.4 Å². The molecule has 0 radical (unpaired) electrons. The van der Waals surface area contributed by atoms with Gasteiger partial charge in [-0.05, 0) is 62.6 Å². The van der Waals surface area contributed by atoms with E-state index in [1.807, 2.05) is 29.8 Å². The monoisotopic (exact) mass is 555 g/mol. The van der Waals surface area contributed by atoms with Gasteiger partial charge in [0.25, 0.3) is 5.91 Å². The third kappa shape index (κ3) is 5.31. The van der Waals surface area contributed by atoms with E-state index in [1.54, 1.807) is 24.3 Å². The number of carbonyl (C=O) groups is 2. The number of amides is 1. The third-order valence-electron chi connectivity index (χ3n) is 8.22. The quantitative estimate of drug-likeness (QED) is 0.518. The minimum absolute atomic E-state index is 0.0515. The van der Waals surface area contributed by atoms with Gasteiger partial charge in [-0.2, -0.15) is 0 Å². The second-order valence-corrected chi connectivity index (χ2v) is 10.6. The maximum atomic E-state index is 15.3. The van der Waals surface area contributed by atoms with Crippen LogP contribution in [0, 0.1) is 5.82 Å². The van der Waals surface area contributed by atoms with Crippen molar-refractivity contribution in [3.63, 3.8) is 0 Å². The van der Waals surface area contributed by atoms with Gasteiger partial charge in [0.15, 0.2) is 0 Å². The average Bonchev–Trinajstić information content (AvgIpc) is 3.35. The lowest BCUT2D eigenvalue weighted by Crippen LogP contribution is -2.59. The van der Waals surface area contributed by atoms with Crippen molar-refractivity contribution >= 4 is 23.2 Å². The molecule has 5 rings (SSSR count). The summed E-state index contributed by atoms with van der Waals surface area (Å²) in [6.07, 6.45) is 8.64. The highest BCUT2D eigenvalue weighted by atomic mass is 19.1. The number of aromatic nitrogens is 1. The van der Waals surface area contributed by atoms with Crippen LogP contribution in [0.2, 0.25) is 0 Å². The highest BCUT2D eigenvalue weighted by Crippen LogP contribution is 2.31. The Bertz CT molecular complexity index is 1540. The number of piperazine rings is 1. The molecule has 1 N–H and O–H groups in total. The van der Waals surface area contributed by atoms with Gasteiger partial charge in [0.2, 0.25) is 0 Å². The highest BCUT2D eigenvalue weighted by Gasteiger charge is 2.39. The maximum Gasteiger partial charge on any atom is 0.337 e. The van der Waals surface area contributed by atoms with Crippen molar-refractivity contribution in [2.75, 3.05) is 20.1 Å². The maximum absolute atomic E-state index is 15.3. The zero-order valence-corrected chi connectivity index (χ0v) is 23.8. The summed E-state index contributed by atoms with van der Waals surface area (Å²) in [6, 6.07) is 7.98. The van der Waals surface area contributed by atoms with Gasteiger partial charge in [-0.25, -0.2) is 14.2 Å². The molecule has 4 heterocycles. The Morgan fingerprint density at radius 1 is 1.22 bits per heavy atom. The number of halogens is 1. The molecule has 0 bridgehead atoms. The molecule has 2 unspecified atom stereocenters. The van der Waals surface area contributed by atoms with E-state index in [-0.39, 0.29) is 23.6 Å². The zero-order valence-electron chi connectivity index (χ0n) is 23.8. The normalized spacial score (nSPS) is 21.3. The summed E-state index contributed by atoms with van der Waals surface area (Å²) in [5.41, 5.74) is 4.31. The third-order valence-corrected chi connectivity index (χ3v) is 8.22. The Labute approximate surface area is 239 Å². The lowest BCUT2D eigenvalue weighted by atomic mass is 10.0. The Kier molecular flexibility index (Phi) is 7.62. The van der Waals surface area contributed by atoms with Crippen molar-refractivity contribution in [1.29, 1.82) is 0 Å². The molecule has 3 aliphatic heterocycles. The molecule has 0 aliphatic carbocycles. The van der Waals surface area contributed by atoms with Crippen molar-refractivity contribution in [1.82, 2.24) is 19.7 Å². The second-order valence-electron chi connectivity index (χ2n) is 10.6. The highest BCUT2D eigenvalue weighted by molar-refractivity contribution is 6.43. The molecule has 212 valence electrons. The molecular formula is C32H34FN5O3. The van der Waals surface area contributed by atoms with E-state index < -0.39 is 11.8 Å². The van der Waals surface area contributed by atoms with Gasteiger partial charge in [-0.3, -0.25) is 9.78 Å². The van der Waals surface area contributed by atoms with Crippen LogP contribution in [0.4, 0.5) is 4.39 Å². The lowest BCUT2D eigenvalue weighted by molar-refractivity contribution is -0.129. The number of rotatable bonds is 6. The molecule has 3 aliphatic rings. The average molecular weight is 556 g/mol. The molecule has 0 saturated carbocycles. The van der Waals surface area contributed by atoms with Crippen molar-refractivity contribution in [2.24, 2.45) is 4.99 Å². The van der Waals surface area contributed by atoms with Crippen LogP contribution in [0.1, 0.15) is 49.5 Å². The first-order valence-electron chi connectivity index (χ1n) is 13.8. The van der Waals surface area contributed by atoms with Crippen LogP contribution in [0.3, 0.4) is 0 Å². The first kappa shape index (κ1) is 28.0. The summed E-state index contributed by atoms with van der Waals surface area (Å²) in [7, 11) is 1.87. The van der Waals surface area contributed by atoms with Crippen molar-refractivity contribution in [2.45, 2.75) is 45.7 Å². The predicted octanol–water partition coefficient (Wildman–Crippen LogP) is 5.33. The molecule has 41 heavy (non-hydrogen) atoms. The van der Waals surface area contributed by atoms with Gasteiger partial charge in [-0.1, -0.05) is 31.7 Å². The fourth-order valence-electron chi connectivity index (χ4n) is 5.73. The van der Waals surface area contributed by atoms with Crippen LogP contribution in [0.25, 0.3) is 16.8 Å². The van der Waals surface area contributed by atoms with E-state index >= 15 is 4.39 Å². The van der Waals surface area contributed by atoms with Crippen molar-refractivity contribution in [3.8, 4) is 11.3 Å². The van der Waals surface area contributed by atoms with Crippen LogP contribution >= 0.6 is 0 Å². The standard InChI is InChI=1S/C32H34FN5O3/c1-6-24-17-28(31(39)38-14-13-37-20(3)7-12-29(37)21(38)4)35-30(36(24)5)15-19(2)25-10-8-22(16-26(25)33)27-11-9-23(18-34-27)32(40)41/h7-11,15-18,21,29H,2,6,12-14H2,1,3-5H3,(H,40,41)/b30-15-. The summed E-state index contributed by atoms with van der Waals surface area (Å²) in [5.74, 6) is -1.16. The number of carbonyl (C=O) groups excluding carboxylic acids is 1. The van der Waals surface area contributed by atoms with Gasteiger partial charge in [0, 0.05) is 54.9 Å². The van der Waals surface area contributed by atoms with Gasteiger partial charge in [0.1, 0.15) is 17.3 Å². The Morgan fingerprint density at radius 2 is 2.00 bits per heavy atom. The fourth-order valence-corrected chi connectivity index (χ4v) is 5.73. The molecule has 8 nitrogen and oxygen atoms in total. The van der Waals surface area contributed by atoms with Crippen LogP contribution in [0.15, 0.2) is 83.5 Å². The molecule has 1 aromatic carbocycles. The topological polar surface area (TPSA) is 89.3 Å². The Hall–Kier alpha value is -4.53. The summed E-state index contributed by atoms with van der Waals surface area (Å²) >= 11 is 0. The number of nitrogens with zero attached hydrogens (tertiary/aromatic N) is 5. The van der Waals surface area contributed by atoms with Crippen LogP contribution in [-0.2, 0) is 4.79 Å². The molecule has 0 spiro atoms. The number of hydrogen-bond donors (Lipinski definition) is 1. The number of aliphatic imine (C=N–C) groups is 1. The number of aromatic carboxylic acids is 1. The van der Waals surface area contributed by atoms with E-state index in [9.17, 15) is 9.59 Å². The fraction of sp³-hybridized carbons (Fsp3) is 0.312. The van der Waals surface area contributed by atoms with E-state index in [0.717, 1.165) is 18.7 Å². The summed E-state index contributed by atoms with van der Waals surface area (Å²) in [5, 5.41) is 9.08. The largest absolute Gasteiger partial charge is 0.478 e. The molecule has 2 atom stereocenters. The molecule has 2 aromatic rings. The molecule has 1 aromatic heterocycles. The first-order chi connectivity index (χ1) is 19.6. The predicted molar refractivity (Wildman–Crippen MR) is 157 cm³/mol. The van der Waals surface area contributed by atoms with E-state index in [0.29, 0.717) is 46.9 Å². The van der Waals surface area contributed by atoms with Gasteiger partial charge in [0.05, 0.1) is 17.3 Å². The zero-order chi connectivity index (χ0) is 29.4. The van der Waals surface area contributed by atoms with Crippen molar-refractivity contribution in [3.05, 3.63) is 95.5 Å². The molecule has 1 saturated heterocycles. The number of benzene rings is 1. The SMILES string of the molecule is C=C(/C=C1/N=C(C(=O)N2CCN3C(C)=CCC3C2C)C=C(CC)N1C)c1ccc(-c2ccc(C(=O)O)cn2)cc1F. The summed E-state index contributed by atoms with van der Waals surface area (Å²) in [6.45, 7) is 11.8. The van der Waals surface area contributed by atoms with Crippen LogP contribution in [-0.4, -0.2) is 74.6 Å². The van der Waals surface area contributed by atoms with Gasteiger partial charge < -0.3 is 19.8 Å². The number of carboxylic acids is 1. The van der Waals surface area contributed by atoms with E-state index in [4.69, 9.17) is 10.1 Å². The summed E-state index contributed by atoms with van der Waals surface area (Å²) < 4.78 is 15.3. The molecule has 1 fully saturated rings. The number of allylic oxidation sites excluding steroid dienone is 4. The van der Waals surface area contributed by atoms with Crippen molar-refractivity contribution < 1.29 is 19.1 Å². The molecule has 1 amide bonds. The first-order valence-corrected chi connectivity index (χ1v) is 13.8. The molecule has 9 heteroatoms. The van der Waals surface area contributed by atoms with Gasteiger partial charge >= 0.3 is 5.97 Å². The minimum atomic E-state index is -1.07. The van der Waals surface area contributed by atoms with E-state index in [1.165, 1.54) is 24.0 Å². The smallest absolute Gasteiger partial charge is 0.337 e. The number of hydrogen-bond acceptors (Lipinski definition) is 6. The Morgan fingerprint density at radius 3 is 2.66 bits per heavy atom. The number of carboxylic acid groups (broad SMARTS) is 1. The minimum Gasteiger partial charge on any atom is -0.478 e. The summed E-state index contributed by atoms with van der Waals surface area (Å²) in [4.78, 5) is 39.9. The van der Waals surface area contributed by atoms with Crippen LogP contribution in [0.5, 0.6) is 0 Å². The van der Waals surface area contributed by atoms with Crippen LogP contribution < -0.4 is 0 Å². The Balaban J connectivity index is 1.39. The lowest BCUT2D eigenvalue weighted by Gasteiger charge is -2.45. The number of fused-ring (bicyclic) bond motifs is 1.